The van der Waals surface area contributed by atoms with Gasteiger partial charge < -0.3 is 4.57 Å². The number of aldehydes is 1. The molecular weight excluding hydrogens is 257 g/mol. The van der Waals surface area contributed by atoms with Crippen LogP contribution in [0, 0.1) is 5.82 Å². The van der Waals surface area contributed by atoms with Crippen molar-refractivity contribution in [3.63, 3.8) is 0 Å². The van der Waals surface area contributed by atoms with Gasteiger partial charge in [0.2, 0.25) is 0 Å². The zero-order valence-corrected chi connectivity index (χ0v) is 11.0. The molecule has 1 aromatic carbocycles. The van der Waals surface area contributed by atoms with Crippen molar-refractivity contribution in [3.05, 3.63) is 71.8 Å². The standard InChI is InChI=1S/C16H14FNO2/c1-11(12(2)20)16(13-5-7-14(17)8-6-13)18-9-3-4-15(18)10-19/h3-10,16H,1H2,2H3. The molecule has 1 heterocycles. The van der Waals surface area contributed by atoms with Crippen LogP contribution in [0.3, 0.4) is 0 Å². The average Bonchev–Trinajstić information content (AvgIpc) is 2.89. The Morgan fingerprint density at radius 2 is 1.95 bits per heavy atom. The SMILES string of the molecule is C=C(C(C)=O)C(c1ccc(F)cc1)n1cccc1C=O. The number of nitrogens with zero attached hydrogens (tertiary/aromatic N) is 1. The van der Waals surface area contributed by atoms with Crippen LogP contribution in [0.15, 0.2) is 54.7 Å². The molecule has 1 atom stereocenters. The molecule has 20 heavy (non-hydrogen) atoms. The van der Waals surface area contributed by atoms with Crippen LogP contribution in [0.5, 0.6) is 0 Å². The van der Waals surface area contributed by atoms with E-state index in [9.17, 15) is 14.0 Å². The Labute approximate surface area is 116 Å². The van der Waals surface area contributed by atoms with E-state index in [1.165, 1.54) is 19.1 Å². The highest BCUT2D eigenvalue weighted by Crippen LogP contribution is 2.27. The summed E-state index contributed by atoms with van der Waals surface area (Å²) >= 11 is 0. The lowest BCUT2D eigenvalue weighted by Gasteiger charge is -2.22. The van der Waals surface area contributed by atoms with Gasteiger partial charge in [-0.15, -0.1) is 0 Å². The van der Waals surface area contributed by atoms with Crippen LogP contribution in [0.25, 0.3) is 0 Å². The minimum atomic E-state index is -0.511. The predicted octanol–water partition coefficient (Wildman–Crippen LogP) is 3.17. The summed E-state index contributed by atoms with van der Waals surface area (Å²) in [6.07, 6.45) is 2.41. The molecule has 1 unspecified atom stereocenters. The number of aromatic nitrogens is 1. The maximum absolute atomic E-state index is 13.0. The number of ketones is 1. The molecule has 0 aliphatic heterocycles. The molecule has 0 amide bonds. The first kappa shape index (κ1) is 13.9. The van der Waals surface area contributed by atoms with Gasteiger partial charge in [-0.3, -0.25) is 9.59 Å². The fourth-order valence-electron chi connectivity index (χ4n) is 2.11. The van der Waals surface area contributed by atoms with Gasteiger partial charge in [0.25, 0.3) is 0 Å². The maximum atomic E-state index is 13.0. The molecule has 0 N–H and O–H groups in total. The highest BCUT2D eigenvalue weighted by atomic mass is 19.1. The van der Waals surface area contributed by atoms with E-state index in [-0.39, 0.29) is 11.6 Å². The van der Waals surface area contributed by atoms with Gasteiger partial charge >= 0.3 is 0 Å². The number of rotatable bonds is 5. The third kappa shape index (κ3) is 2.59. The van der Waals surface area contributed by atoms with Gasteiger partial charge in [0.05, 0.1) is 11.7 Å². The first-order valence-corrected chi connectivity index (χ1v) is 6.12. The third-order valence-corrected chi connectivity index (χ3v) is 3.18. The maximum Gasteiger partial charge on any atom is 0.166 e. The van der Waals surface area contributed by atoms with Gasteiger partial charge in [-0.25, -0.2) is 4.39 Å². The van der Waals surface area contributed by atoms with Crippen molar-refractivity contribution in [1.29, 1.82) is 0 Å². The van der Waals surface area contributed by atoms with Crippen molar-refractivity contribution in [3.8, 4) is 0 Å². The molecule has 0 saturated heterocycles. The Bertz CT molecular complexity index is 655. The van der Waals surface area contributed by atoms with Crippen molar-refractivity contribution >= 4 is 12.1 Å². The number of hydrogen-bond acceptors (Lipinski definition) is 2. The van der Waals surface area contributed by atoms with Gasteiger partial charge in [0.1, 0.15) is 5.82 Å². The van der Waals surface area contributed by atoms with Crippen LogP contribution in [-0.2, 0) is 4.79 Å². The molecule has 102 valence electrons. The highest BCUT2D eigenvalue weighted by Gasteiger charge is 2.21. The summed E-state index contributed by atoms with van der Waals surface area (Å²) in [4.78, 5) is 22.7. The van der Waals surface area contributed by atoms with Crippen molar-refractivity contribution in [2.45, 2.75) is 13.0 Å². The second-order valence-electron chi connectivity index (χ2n) is 4.49. The molecule has 0 radical (unpaired) electrons. The number of halogens is 1. The molecule has 2 aromatic rings. The normalized spacial score (nSPS) is 11.9. The van der Waals surface area contributed by atoms with Crippen LogP contribution in [0.2, 0.25) is 0 Å². The molecule has 0 aliphatic carbocycles. The van der Waals surface area contributed by atoms with Crippen LogP contribution < -0.4 is 0 Å². The minimum absolute atomic E-state index is 0.176. The minimum Gasteiger partial charge on any atom is -0.334 e. The van der Waals surface area contributed by atoms with Crippen molar-refractivity contribution in [1.82, 2.24) is 4.57 Å². The first-order chi connectivity index (χ1) is 9.54. The van der Waals surface area contributed by atoms with Crippen molar-refractivity contribution < 1.29 is 14.0 Å². The smallest absolute Gasteiger partial charge is 0.166 e. The molecule has 4 heteroatoms. The van der Waals surface area contributed by atoms with Gasteiger partial charge in [-0.05, 0) is 36.8 Å². The summed E-state index contributed by atoms with van der Waals surface area (Å²) < 4.78 is 14.7. The number of carbonyl (C=O) groups excluding carboxylic acids is 2. The van der Waals surface area contributed by atoms with E-state index >= 15 is 0 Å². The lowest BCUT2D eigenvalue weighted by atomic mass is 9.97. The zero-order valence-electron chi connectivity index (χ0n) is 11.0. The summed E-state index contributed by atoms with van der Waals surface area (Å²) in [5, 5.41) is 0. The lowest BCUT2D eigenvalue weighted by molar-refractivity contribution is -0.113. The number of allylic oxidation sites excluding steroid dienone is 1. The Hall–Kier alpha value is -2.49. The van der Waals surface area contributed by atoms with E-state index in [0.29, 0.717) is 23.1 Å². The zero-order chi connectivity index (χ0) is 14.7. The monoisotopic (exact) mass is 271 g/mol. The Morgan fingerprint density at radius 1 is 1.30 bits per heavy atom. The molecule has 3 nitrogen and oxygen atoms in total. The molecule has 0 saturated carbocycles. The first-order valence-electron chi connectivity index (χ1n) is 6.12. The van der Waals surface area contributed by atoms with Gasteiger partial charge in [0, 0.05) is 11.8 Å². The lowest BCUT2D eigenvalue weighted by Crippen LogP contribution is -2.18. The van der Waals surface area contributed by atoms with E-state index in [1.54, 1.807) is 35.0 Å². The summed E-state index contributed by atoms with van der Waals surface area (Å²) in [5.41, 5.74) is 1.48. The summed E-state index contributed by atoms with van der Waals surface area (Å²) in [6.45, 7) is 5.22. The quantitative estimate of drug-likeness (QED) is 0.619. The Kier molecular flexibility index (Phi) is 3.94. The fraction of sp³-hybridized carbons (Fsp3) is 0.125. The molecule has 2 rings (SSSR count). The molecule has 0 spiro atoms. The Balaban J connectivity index is 2.56. The van der Waals surface area contributed by atoms with E-state index in [2.05, 4.69) is 6.58 Å². The number of carbonyl (C=O) groups is 2. The van der Waals surface area contributed by atoms with Crippen LogP contribution >= 0.6 is 0 Å². The van der Waals surface area contributed by atoms with Gasteiger partial charge in [-0.2, -0.15) is 0 Å². The van der Waals surface area contributed by atoms with Crippen molar-refractivity contribution in [2.75, 3.05) is 0 Å². The topological polar surface area (TPSA) is 39.1 Å². The summed E-state index contributed by atoms with van der Waals surface area (Å²) in [7, 11) is 0. The van der Waals surface area contributed by atoms with E-state index in [0.717, 1.165) is 0 Å². The van der Waals surface area contributed by atoms with Gasteiger partial charge in [-0.1, -0.05) is 18.7 Å². The van der Waals surface area contributed by atoms with Crippen LogP contribution in [0.1, 0.15) is 29.0 Å². The molecular formula is C16H14FNO2. The summed E-state index contributed by atoms with van der Waals surface area (Å²) in [5.74, 6) is -0.533. The number of Topliss-reactive ketones (excluding diaryl/α,β-unsaturated/α-hetero) is 1. The second kappa shape index (κ2) is 5.65. The predicted molar refractivity (Wildman–Crippen MR) is 74.2 cm³/mol. The Morgan fingerprint density at radius 3 is 2.50 bits per heavy atom. The number of benzene rings is 1. The molecule has 0 bridgehead atoms. The fourth-order valence-corrected chi connectivity index (χ4v) is 2.11. The molecule has 0 aliphatic rings. The summed E-state index contributed by atoms with van der Waals surface area (Å²) in [6, 6.07) is 8.67. The van der Waals surface area contributed by atoms with E-state index in [4.69, 9.17) is 0 Å². The highest BCUT2D eigenvalue weighted by molar-refractivity contribution is 5.94. The number of hydrogen-bond donors (Lipinski definition) is 0. The van der Waals surface area contributed by atoms with Crippen LogP contribution in [0.4, 0.5) is 4.39 Å². The van der Waals surface area contributed by atoms with E-state index in [1.807, 2.05) is 0 Å². The van der Waals surface area contributed by atoms with Gasteiger partial charge in [0.15, 0.2) is 12.1 Å². The molecule has 0 fully saturated rings. The molecule has 1 aromatic heterocycles. The second-order valence-corrected chi connectivity index (χ2v) is 4.49. The third-order valence-electron chi connectivity index (χ3n) is 3.18. The largest absolute Gasteiger partial charge is 0.334 e. The van der Waals surface area contributed by atoms with E-state index < -0.39 is 6.04 Å². The van der Waals surface area contributed by atoms with Crippen molar-refractivity contribution in [2.24, 2.45) is 0 Å². The van der Waals surface area contributed by atoms with Crippen LogP contribution in [-0.4, -0.2) is 16.6 Å². The average molecular weight is 271 g/mol.